The third-order valence-corrected chi connectivity index (χ3v) is 1.14. The smallest absolute Gasteiger partial charge is 0.220 e. The molecule has 0 unspecified atom stereocenters. The minimum Gasteiger partial charge on any atom is -0.358 e. The molecule has 4 heteroatoms. The number of nitrogens with zero attached hydrogens (tertiary/aromatic N) is 3. The van der Waals surface area contributed by atoms with E-state index >= 15 is 0 Å². The fourth-order valence-corrected chi connectivity index (χ4v) is 0.689. The van der Waals surface area contributed by atoms with Gasteiger partial charge in [-0.1, -0.05) is 0 Å². The van der Waals surface area contributed by atoms with Crippen LogP contribution in [0.3, 0.4) is 0 Å². The largest absolute Gasteiger partial charge is 0.358 e. The van der Waals surface area contributed by atoms with Gasteiger partial charge in [0, 0.05) is 13.6 Å². The number of hydrogen-bond acceptors (Lipinski definition) is 3. The maximum atomic E-state index is 3.95. The Balaban J connectivity index is 2.85. The van der Waals surface area contributed by atoms with E-state index < -0.39 is 0 Å². The first-order chi connectivity index (χ1) is 4.38. The zero-order valence-electron chi connectivity index (χ0n) is 5.63. The van der Waals surface area contributed by atoms with Crippen molar-refractivity contribution in [3.8, 4) is 0 Å². The zero-order chi connectivity index (χ0) is 6.69. The van der Waals surface area contributed by atoms with E-state index in [1.165, 1.54) is 6.33 Å². The molecule has 1 rings (SSSR count). The molecule has 50 valence electrons. The van der Waals surface area contributed by atoms with Crippen molar-refractivity contribution in [2.75, 3.05) is 12.4 Å². The van der Waals surface area contributed by atoms with E-state index in [1.54, 1.807) is 4.68 Å². The van der Waals surface area contributed by atoms with Gasteiger partial charge in [0.05, 0.1) is 0 Å². The molecule has 0 saturated heterocycles. The zero-order valence-corrected chi connectivity index (χ0v) is 5.63. The fourth-order valence-electron chi connectivity index (χ4n) is 0.689. The van der Waals surface area contributed by atoms with E-state index in [2.05, 4.69) is 15.4 Å². The quantitative estimate of drug-likeness (QED) is 0.621. The van der Waals surface area contributed by atoms with Crippen LogP contribution >= 0.6 is 0 Å². The average Bonchev–Trinajstić information content (AvgIpc) is 2.33. The lowest BCUT2D eigenvalue weighted by Gasteiger charge is -1.98. The molecule has 0 radical (unpaired) electrons. The van der Waals surface area contributed by atoms with E-state index in [1.807, 2.05) is 14.0 Å². The number of aryl methyl sites for hydroxylation is 1. The van der Waals surface area contributed by atoms with Crippen molar-refractivity contribution in [3.05, 3.63) is 6.33 Å². The van der Waals surface area contributed by atoms with Crippen LogP contribution in [-0.2, 0) is 6.54 Å². The summed E-state index contributed by atoms with van der Waals surface area (Å²) in [6.07, 6.45) is 1.54. The molecular weight excluding hydrogens is 116 g/mol. The number of aromatic nitrogens is 3. The summed E-state index contributed by atoms with van der Waals surface area (Å²) in [5.74, 6) is 0.817. The van der Waals surface area contributed by atoms with Crippen LogP contribution in [-0.4, -0.2) is 21.8 Å². The highest BCUT2D eigenvalue weighted by molar-refractivity contribution is 5.20. The van der Waals surface area contributed by atoms with Gasteiger partial charge in [-0.05, 0) is 6.92 Å². The summed E-state index contributed by atoms with van der Waals surface area (Å²) in [6, 6.07) is 0. The van der Waals surface area contributed by atoms with Gasteiger partial charge in [-0.15, -0.1) is 0 Å². The van der Waals surface area contributed by atoms with Crippen molar-refractivity contribution in [1.82, 2.24) is 14.8 Å². The molecule has 1 aromatic heterocycles. The molecule has 0 aromatic carbocycles. The molecule has 0 spiro atoms. The summed E-state index contributed by atoms with van der Waals surface area (Å²) in [6.45, 7) is 2.88. The first kappa shape index (κ1) is 6.07. The molecule has 0 amide bonds. The second-order valence-electron chi connectivity index (χ2n) is 1.65. The van der Waals surface area contributed by atoms with Crippen molar-refractivity contribution >= 4 is 5.95 Å². The van der Waals surface area contributed by atoms with Crippen molar-refractivity contribution < 1.29 is 0 Å². The molecule has 0 atom stereocenters. The molecule has 0 aliphatic heterocycles. The highest BCUT2D eigenvalue weighted by Crippen LogP contribution is 1.96. The van der Waals surface area contributed by atoms with Gasteiger partial charge in [-0.25, -0.2) is 4.68 Å². The van der Waals surface area contributed by atoms with E-state index in [4.69, 9.17) is 0 Å². The average molecular weight is 126 g/mol. The van der Waals surface area contributed by atoms with Crippen LogP contribution in [0.2, 0.25) is 0 Å². The van der Waals surface area contributed by atoms with Gasteiger partial charge < -0.3 is 5.32 Å². The molecule has 4 nitrogen and oxygen atoms in total. The Morgan fingerprint density at radius 3 is 3.00 bits per heavy atom. The molecule has 0 fully saturated rings. The lowest BCUT2D eigenvalue weighted by molar-refractivity contribution is 0.666. The van der Waals surface area contributed by atoms with E-state index in [9.17, 15) is 0 Å². The molecule has 1 aromatic rings. The van der Waals surface area contributed by atoms with Crippen molar-refractivity contribution in [2.24, 2.45) is 0 Å². The van der Waals surface area contributed by atoms with Crippen LogP contribution in [0.5, 0.6) is 0 Å². The topological polar surface area (TPSA) is 42.7 Å². The third kappa shape index (κ3) is 1.01. The van der Waals surface area contributed by atoms with Crippen LogP contribution in [0.25, 0.3) is 0 Å². The molecule has 0 saturated carbocycles. The van der Waals surface area contributed by atoms with Crippen LogP contribution in [0, 0.1) is 0 Å². The van der Waals surface area contributed by atoms with Gasteiger partial charge >= 0.3 is 0 Å². The summed E-state index contributed by atoms with van der Waals surface area (Å²) in [7, 11) is 1.83. The SMILES string of the molecule is CCn1ncnc1NC. The summed E-state index contributed by atoms with van der Waals surface area (Å²) >= 11 is 0. The first-order valence-corrected chi connectivity index (χ1v) is 2.94. The predicted molar refractivity (Wildman–Crippen MR) is 35.2 cm³/mol. The number of anilines is 1. The lowest BCUT2D eigenvalue weighted by atomic mass is 10.7. The van der Waals surface area contributed by atoms with E-state index in [0.29, 0.717) is 0 Å². The van der Waals surface area contributed by atoms with Gasteiger partial charge in [0.25, 0.3) is 0 Å². The molecule has 0 aliphatic carbocycles. The van der Waals surface area contributed by atoms with Crippen LogP contribution in [0.1, 0.15) is 6.92 Å². The minimum atomic E-state index is 0.817. The Labute approximate surface area is 53.9 Å². The van der Waals surface area contributed by atoms with E-state index in [-0.39, 0.29) is 0 Å². The Kier molecular flexibility index (Phi) is 1.67. The Hall–Kier alpha value is -1.06. The Morgan fingerprint density at radius 2 is 2.56 bits per heavy atom. The number of hydrogen-bond donors (Lipinski definition) is 1. The van der Waals surface area contributed by atoms with Crippen LogP contribution in [0.15, 0.2) is 6.33 Å². The molecule has 0 aliphatic rings. The maximum absolute atomic E-state index is 3.95. The first-order valence-electron chi connectivity index (χ1n) is 2.94. The van der Waals surface area contributed by atoms with Gasteiger partial charge in [0.2, 0.25) is 5.95 Å². The summed E-state index contributed by atoms with van der Waals surface area (Å²) in [4.78, 5) is 3.95. The molecular formula is C5H10N4. The lowest BCUT2D eigenvalue weighted by Crippen LogP contribution is -2.02. The fraction of sp³-hybridized carbons (Fsp3) is 0.600. The van der Waals surface area contributed by atoms with Gasteiger partial charge in [0.1, 0.15) is 6.33 Å². The van der Waals surface area contributed by atoms with Crippen LogP contribution < -0.4 is 5.32 Å². The second-order valence-corrected chi connectivity index (χ2v) is 1.65. The second kappa shape index (κ2) is 2.48. The standard InChI is InChI=1S/C5H10N4/c1-3-9-5(6-2)7-4-8-9/h4H,3H2,1-2H3,(H,6,7,8). The summed E-state index contributed by atoms with van der Waals surface area (Å²) in [5, 5.41) is 6.86. The van der Waals surface area contributed by atoms with Gasteiger partial charge in [-0.3, -0.25) is 0 Å². The number of rotatable bonds is 2. The highest BCUT2D eigenvalue weighted by atomic mass is 15.4. The molecule has 0 bridgehead atoms. The third-order valence-electron chi connectivity index (χ3n) is 1.14. The minimum absolute atomic E-state index is 0.817. The van der Waals surface area contributed by atoms with Crippen LogP contribution in [0.4, 0.5) is 5.95 Å². The van der Waals surface area contributed by atoms with Crippen molar-refractivity contribution in [2.45, 2.75) is 13.5 Å². The maximum Gasteiger partial charge on any atom is 0.220 e. The predicted octanol–water partition coefficient (Wildman–Crippen LogP) is 0.340. The van der Waals surface area contributed by atoms with Gasteiger partial charge in [-0.2, -0.15) is 10.1 Å². The highest BCUT2D eigenvalue weighted by Gasteiger charge is 1.95. The van der Waals surface area contributed by atoms with Crippen molar-refractivity contribution in [3.63, 3.8) is 0 Å². The Bertz CT molecular complexity index is 162. The molecule has 1 heterocycles. The van der Waals surface area contributed by atoms with Gasteiger partial charge in [0.15, 0.2) is 0 Å². The Morgan fingerprint density at radius 1 is 1.78 bits per heavy atom. The normalized spacial score (nSPS) is 9.56. The van der Waals surface area contributed by atoms with E-state index in [0.717, 1.165) is 12.5 Å². The summed E-state index contributed by atoms with van der Waals surface area (Å²) in [5.41, 5.74) is 0. The monoisotopic (exact) mass is 126 g/mol. The summed E-state index contributed by atoms with van der Waals surface area (Å²) < 4.78 is 1.79. The number of nitrogens with one attached hydrogen (secondary N) is 1. The molecule has 1 N–H and O–H groups in total. The van der Waals surface area contributed by atoms with Crippen molar-refractivity contribution in [1.29, 1.82) is 0 Å². The molecule has 9 heavy (non-hydrogen) atoms.